The molecule has 2 rings (SSSR count). The van der Waals surface area contributed by atoms with E-state index in [2.05, 4.69) is 9.97 Å². The predicted molar refractivity (Wildman–Crippen MR) is 80.0 cm³/mol. The second kappa shape index (κ2) is 5.71. The third-order valence-electron chi connectivity index (χ3n) is 3.13. The Morgan fingerprint density at radius 3 is 2.76 bits per heavy atom. The summed E-state index contributed by atoms with van der Waals surface area (Å²) in [7, 11) is 0. The van der Waals surface area contributed by atoms with E-state index in [-0.39, 0.29) is 11.7 Å². The lowest BCUT2D eigenvalue weighted by atomic mass is 10.2. The van der Waals surface area contributed by atoms with Gasteiger partial charge in [-0.05, 0) is 27.2 Å². The van der Waals surface area contributed by atoms with Gasteiger partial charge in [-0.15, -0.1) is 0 Å². The summed E-state index contributed by atoms with van der Waals surface area (Å²) in [6.07, 6.45) is 3.76. The van der Waals surface area contributed by atoms with E-state index >= 15 is 0 Å². The lowest BCUT2D eigenvalue weighted by Crippen LogP contribution is -2.35. The zero-order chi connectivity index (χ0) is 15.6. The smallest absolute Gasteiger partial charge is 0.410 e. The van der Waals surface area contributed by atoms with Gasteiger partial charge in [0.2, 0.25) is 0 Å². The molecule has 0 saturated carbocycles. The summed E-state index contributed by atoms with van der Waals surface area (Å²) in [4.78, 5) is 32.4. The molecule has 0 unspecified atom stereocenters. The van der Waals surface area contributed by atoms with Crippen LogP contribution in [-0.2, 0) is 11.2 Å². The van der Waals surface area contributed by atoms with Gasteiger partial charge in [-0.1, -0.05) is 13.0 Å². The van der Waals surface area contributed by atoms with Gasteiger partial charge in [-0.3, -0.25) is 4.79 Å². The highest BCUT2D eigenvalue weighted by molar-refractivity contribution is 5.75. The van der Waals surface area contributed by atoms with Gasteiger partial charge in [-0.25, -0.2) is 9.78 Å². The van der Waals surface area contributed by atoms with E-state index < -0.39 is 5.60 Å². The van der Waals surface area contributed by atoms with E-state index in [1.54, 1.807) is 11.1 Å². The van der Waals surface area contributed by atoms with Crippen molar-refractivity contribution in [2.45, 2.75) is 39.7 Å². The lowest BCUT2D eigenvalue weighted by Gasteiger charge is -2.24. The topological polar surface area (TPSA) is 75.3 Å². The second-order valence-corrected chi connectivity index (χ2v) is 6.03. The molecule has 6 heteroatoms. The summed E-state index contributed by atoms with van der Waals surface area (Å²) in [5.74, 6) is 0.517. The molecule has 21 heavy (non-hydrogen) atoms. The number of rotatable bonds is 2. The van der Waals surface area contributed by atoms with Crippen molar-refractivity contribution in [3.8, 4) is 0 Å². The number of H-pyrrole nitrogens is 1. The van der Waals surface area contributed by atoms with E-state index in [1.165, 1.54) is 0 Å². The van der Waals surface area contributed by atoms with Gasteiger partial charge in [0.05, 0.1) is 6.54 Å². The van der Waals surface area contributed by atoms with Crippen LogP contribution in [0.15, 0.2) is 17.1 Å². The molecule has 1 amide bonds. The molecule has 0 spiro atoms. The van der Waals surface area contributed by atoms with Gasteiger partial charge in [0.1, 0.15) is 11.4 Å². The molecule has 1 aromatic heterocycles. The van der Waals surface area contributed by atoms with Gasteiger partial charge >= 0.3 is 6.09 Å². The molecule has 0 fully saturated rings. The highest BCUT2D eigenvalue weighted by Crippen LogP contribution is 2.19. The quantitative estimate of drug-likeness (QED) is 0.904. The second-order valence-electron chi connectivity index (χ2n) is 6.03. The number of aryl methyl sites for hydroxylation is 1. The van der Waals surface area contributed by atoms with Crippen LogP contribution in [0, 0.1) is 0 Å². The number of nitrogens with zero attached hydrogens (tertiary/aromatic N) is 2. The highest BCUT2D eigenvalue weighted by Gasteiger charge is 2.26. The number of hydrogen-bond donors (Lipinski definition) is 1. The van der Waals surface area contributed by atoms with E-state index in [1.807, 2.05) is 33.8 Å². The van der Waals surface area contributed by atoms with Gasteiger partial charge in [0.15, 0.2) is 0 Å². The molecule has 0 bridgehead atoms. The van der Waals surface area contributed by atoms with Crippen LogP contribution in [0.25, 0.3) is 5.57 Å². The number of hydrogen-bond acceptors (Lipinski definition) is 4. The molecule has 0 aliphatic carbocycles. The average molecular weight is 291 g/mol. The number of nitrogens with one attached hydrogen (secondary N) is 1. The number of carbonyl (C=O) groups is 1. The number of amides is 1. The van der Waals surface area contributed by atoms with Crippen LogP contribution in [0.5, 0.6) is 0 Å². The molecule has 0 radical (unpaired) electrons. The highest BCUT2D eigenvalue weighted by atomic mass is 16.6. The van der Waals surface area contributed by atoms with Crippen LogP contribution in [0.3, 0.4) is 0 Å². The number of aromatic nitrogens is 2. The van der Waals surface area contributed by atoms with Crippen molar-refractivity contribution in [3.63, 3.8) is 0 Å². The molecule has 1 aromatic rings. The van der Waals surface area contributed by atoms with Crippen molar-refractivity contribution < 1.29 is 9.53 Å². The maximum Gasteiger partial charge on any atom is 0.410 e. The Labute approximate surface area is 123 Å². The minimum Gasteiger partial charge on any atom is -0.444 e. The van der Waals surface area contributed by atoms with Crippen LogP contribution in [-0.4, -0.2) is 39.7 Å². The monoisotopic (exact) mass is 291 g/mol. The van der Waals surface area contributed by atoms with Gasteiger partial charge in [0.25, 0.3) is 5.56 Å². The predicted octanol–water partition coefficient (Wildman–Crippen LogP) is 1.97. The first-order chi connectivity index (χ1) is 9.80. The molecule has 2 heterocycles. The molecule has 1 aliphatic heterocycles. The first-order valence-corrected chi connectivity index (χ1v) is 7.05. The van der Waals surface area contributed by atoms with Gasteiger partial charge < -0.3 is 14.6 Å². The first kappa shape index (κ1) is 15.3. The zero-order valence-electron chi connectivity index (χ0n) is 12.9. The minimum atomic E-state index is -0.519. The maximum atomic E-state index is 12.0. The summed E-state index contributed by atoms with van der Waals surface area (Å²) < 4.78 is 5.33. The molecule has 0 aromatic carbocycles. The summed E-state index contributed by atoms with van der Waals surface area (Å²) in [6.45, 7) is 8.26. The Morgan fingerprint density at radius 1 is 1.48 bits per heavy atom. The van der Waals surface area contributed by atoms with E-state index in [0.717, 1.165) is 5.57 Å². The molecule has 114 valence electrons. The largest absolute Gasteiger partial charge is 0.444 e. The van der Waals surface area contributed by atoms with Crippen LogP contribution < -0.4 is 5.56 Å². The Bertz CT molecular complexity index is 626. The maximum absolute atomic E-state index is 12.0. The van der Waals surface area contributed by atoms with E-state index in [4.69, 9.17) is 4.74 Å². The first-order valence-electron chi connectivity index (χ1n) is 7.05. The van der Waals surface area contributed by atoms with Crippen molar-refractivity contribution >= 4 is 11.7 Å². The molecule has 0 atom stereocenters. The van der Waals surface area contributed by atoms with Crippen LogP contribution in [0.4, 0.5) is 4.79 Å². The molecule has 1 aliphatic rings. The van der Waals surface area contributed by atoms with Gasteiger partial charge in [-0.2, -0.15) is 0 Å². The Hall–Kier alpha value is -2.11. The fraction of sp³-hybridized carbons (Fsp3) is 0.533. The standard InChI is InChI=1S/C15H21N3O3/c1-5-10-8-16-12(17-13(10)19)11-6-7-18(9-11)14(20)21-15(2,3)4/h6,8H,5,7,9H2,1-4H3,(H,16,17,19). The Kier molecular flexibility index (Phi) is 4.16. The fourth-order valence-corrected chi connectivity index (χ4v) is 2.03. The molecular weight excluding hydrogens is 270 g/mol. The SMILES string of the molecule is CCc1cnc(C2=CCN(C(=O)OC(C)(C)C)C2)[nH]c1=O. The minimum absolute atomic E-state index is 0.126. The number of aromatic amines is 1. The van der Waals surface area contributed by atoms with Crippen molar-refractivity contribution in [2.75, 3.05) is 13.1 Å². The third-order valence-corrected chi connectivity index (χ3v) is 3.13. The van der Waals surface area contributed by atoms with Crippen LogP contribution in [0.2, 0.25) is 0 Å². The van der Waals surface area contributed by atoms with Crippen molar-refractivity contribution in [3.05, 3.63) is 34.0 Å². The van der Waals surface area contributed by atoms with Crippen LogP contribution >= 0.6 is 0 Å². The lowest BCUT2D eigenvalue weighted by molar-refractivity contribution is 0.0306. The zero-order valence-corrected chi connectivity index (χ0v) is 12.9. The fourth-order valence-electron chi connectivity index (χ4n) is 2.03. The van der Waals surface area contributed by atoms with Crippen LogP contribution in [0.1, 0.15) is 39.1 Å². The summed E-state index contributed by atoms with van der Waals surface area (Å²) in [6, 6.07) is 0. The van der Waals surface area contributed by atoms with Crippen molar-refractivity contribution in [1.29, 1.82) is 0 Å². The number of carbonyl (C=O) groups excluding carboxylic acids is 1. The summed E-state index contributed by atoms with van der Waals surface area (Å²) >= 11 is 0. The Balaban J connectivity index is 2.07. The van der Waals surface area contributed by atoms with Crippen molar-refractivity contribution in [1.82, 2.24) is 14.9 Å². The van der Waals surface area contributed by atoms with E-state index in [9.17, 15) is 9.59 Å². The van der Waals surface area contributed by atoms with Crippen molar-refractivity contribution in [2.24, 2.45) is 0 Å². The number of ether oxygens (including phenoxy) is 1. The molecule has 6 nitrogen and oxygen atoms in total. The summed E-state index contributed by atoms with van der Waals surface area (Å²) in [5, 5.41) is 0. The average Bonchev–Trinajstić information content (AvgIpc) is 2.86. The molecule has 0 saturated heterocycles. The normalized spacial score (nSPS) is 15.0. The third kappa shape index (κ3) is 3.71. The molecule has 1 N–H and O–H groups in total. The van der Waals surface area contributed by atoms with Gasteiger partial charge in [0, 0.05) is 23.9 Å². The summed E-state index contributed by atoms with van der Waals surface area (Å²) in [5.41, 5.74) is 0.843. The van der Waals surface area contributed by atoms with E-state index in [0.29, 0.717) is 30.9 Å². The Morgan fingerprint density at radius 2 is 2.19 bits per heavy atom. The molecular formula is C15H21N3O3.